The van der Waals surface area contributed by atoms with Crippen LogP contribution in [0.2, 0.25) is 5.28 Å². The number of ether oxygens (including phenoxy) is 7. The topological polar surface area (TPSA) is 180 Å². The normalized spacial score (nSPS) is 18.5. The summed E-state index contributed by atoms with van der Waals surface area (Å²) in [4.78, 5) is 69.2. The highest BCUT2D eigenvalue weighted by molar-refractivity contribution is 6.29. The zero-order chi connectivity index (χ0) is 49.1. The molecule has 358 valence electrons. The van der Waals surface area contributed by atoms with E-state index in [1.54, 1.807) is 76.2 Å². The van der Waals surface area contributed by atoms with Crippen molar-refractivity contribution in [1.29, 1.82) is 0 Å². The molecule has 17 heteroatoms. The number of halogens is 1. The van der Waals surface area contributed by atoms with E-state index in [0.29, 0.717) is 10.5 Å². The van der Waals surface area contributed by atoms with Crippen molar-refractivity contribution in [3.63, 3.8) is 0 Å². The van der Waals surface area contributed by atoms with Gasteiger partial charge >= 0.3 is 24.3 Å². The van der Waals surface area contributed by atoms with Crippen molar-refractivity contribution in [3.8, 4) is 11.1 Å². The largest absolute Gasteiger partial charge is 0.509 e. The third-order valence-corrected chi connectivity index (χ3v) is 10.7. The predicted octanol–water partition coefficient (Wildman–Crippen LogP) is 10.7. The number of rotatable bonds is 12. The highest BCUT2D eigenvalue weighted by atomic mass is 35.5. The minimum atomic E-state index is -1.66. The number of esters is 1. The highest BCUT2D eigenvalue weighted by Crippen LogP contribution is 2.42. The summed E-state index contributed by atoms with van der Waals surface area (Å²) in [5, 5.41) is -0.370. The summed E-state index contributed by atoms with van der Waals surface area (Å²) < 4.78 is 43.7. The molecule has 1 unspecified atom stereocenters. The maximum atomic E-state index is 14.4. The molecule has 1 fully saturated rings. The summed E-state index contributed by atoms with van der Waals surface area (Å²) in [7, 11) is 0. The first-order chi connectivity index (χ1) is 31.4. The van der Waals surface area contributed by atoms with E-state index in [1.165, 1.54) is 10.9 Å². The number of carbonyl (C=O) groups is 4. The van der Waals surface area contributed by atoms with Gasteiger partial charge in [-0.3, -0.25) is 4.57 Å². The molecule has 2 aromatic heterocycles. The van der Waals surface area contributed by atoms with Crippen molar-refractivity contribution >= 4 is 52.9 Å². The lowest BCUT2D eigenvalue weighted by molar-refractivity contribution is -0.181. The Hall–Kier alpha value is -6.10. The average Bonchev–Trinajstić information content (AvgIpc) is 3.78. The lowest BCUT2D eigenvalue weighted by Gasteiger charge is -2.34. The van der Waals surface area contributed by atoms with E-state index in [4.69, 9.17) is 44.8 Å². The third-order valence-electron chi connectivity index (χ3n) is 10.5. The molecular weight excluding hydrogens is 882 g/mol. The molecule has 67 heavy (non-hydrogen) atoms. The van der Waals surface area contributed by atoms with Crippen LogP contribution in [0.3, 0.4) is 0 Å². The number of anilines is 1. The second kappa shape index (κ2) is 20.0. The molecule has 0 bridgehead atoms. The van der Waals surface area contributed by atoms with E-state index in [1.807, 2.05) is 66.7 Å². The molecule has 2 amide bonds. The van der Waals surface area contributed by atoms with Gasteiger partial charge in [-0.05, 0) is 116 Å². The number of aryl methyl sites for hydroxylation is 1. The summed E-state index contributed by atoms with van der Waals surface area (Å²) in [5.41, 5.74) is -0.0743. The molecule has 5 atom stereocenters. The Morgan fingerprint density at radius 1 is 0.791 bits per heavy atom. The molecule has 0 radical (unpaired) electrons. The summed E-state index contributed by atoms with van der Waals surface area (Å²) in [6, 6.07) is 25.2. The molecule has 6 rings (SSSR count). The number of nitrogens with zero attached hydrogens (tertiary/aromatic N) is 5. The monoisotopic (exact) mass is 941 g/mol. The van der Waals surface area contributed by atoms with Gasteiger partial charge < -0.3 is 33.2 Å². The minimum Gasteiger partial charge on any atom is -0.464 e. The van der Waals surface area contributed by atoms with E-state index in [9.17, 15) is 19.2 Å². The number of carbonyl (C=O) groups excluding carboxylic acids is 4. The maximum absolute atomic E-state index is 14.4. The lowest BCUT2D eigenvalue weighted by Crippen LogP contribution is -2.44. The SMILES string of the molecule is CCOC(=O)C(Cc1ccc(-c2ccccc2C)cc1)(OC[C@H]1O[C@@H](n2cnc3c(N(C(=O)OC(C)(C)C)C(=O)OC(C)(C)C)nc(Cl)nc32)[C@H](OC(=O)OC(C)(C)C)[C@@H]1C)c1ccccc1. The zero-order valence-electron chi connectivity index (χ0n) is 40.1. The first-order valence-electron chi connectivity index (χ1n) is 22.1. The van der Waals surface area contributed by atoms with Crippen LogP contribution in [0.4, 0.5) is 20.2 Å². The van der Waals surface area contributed by atoms with Crippen LogP contribution in [0.15, 0.2) is 85.2 Å². The number of hydrogen-bond acceptors (Lipinski definition) is 14. The van der Waals surface area contributed by atoms with Crippen LogP contribution < -0.4 is 4.90 Å². The molecule has 0 spiro atoms. The molecule has 5 aromatic rings. The molecule has 0 N–H and O–H groups in total. The summed E-state index contributed by atoms with van der Waals surface area (Å²) >= 11 is 6.55. The van der Waals surface area contributed by atoms with Crippen LogP contribution >= 0.6 is 11.6 Å². The Morgan fingerprint density at radius 3 is 1.97 bits per heavy atom. The summed E-state index contributed by atoms with van der Waals surface area (Å²) in [6.07, 6.45) is -4.87. The smallest absolute Gasteiger partial charge is 0.464 e. The quantitative estimate of drug-likeness (QED) is 0.0655. The van der Waals surface area contributed by atoms with E-state index in [2.05, 4.69) is 34.0 Å². The molecule has 1 aliphatic heterocycles. The molecule has 16 nitrogen and oxygen atoms in total. The van der Waals surface area contributed by atoms with Crippen molar-refractivity contribution in [1.82, 2.24) is 19.5 Å². The number of aromatic nitrogens is 4. The van der Waals surface area contributed by atoms with E-state index < -0.39 is 71.1 Å². The second-order valence-electron chi connectivity index (χ2n) is 19.3. The van der Waals surface area contributed by atoms with Gasteiger partial charge in [0.25, 0.3) is 0 Å². The van der Waals surface area contributed by atoms with Crippen molar-refractivity contribution in [2.75, 3.05) is 18.1 Å². The van der Waals surface area contributed by atoms with Gasteiger partial charge in [0, 0.05) is 12.3 Å². The number of benzene rings is 3. The van der Waals surface area contributed by atoms with Crippen molar-refractivity contribution < 1.29 is 52.3 Å². The Morgan fingerprint density at radius 2 is 1.39 bits per heavy atom. The Balaban J connectivity index is 1.41. The molecule has 1 aliphatic rings. The summed E-state index contributed by atoms with van der Waals surface area (Å²) in [6.45, 7) is 20.4. The molecular formula is C50H60ClN5O11. The number of hydrogen-bond donors (Lipinski definition) is 0. The third kappa shape index (κ3) is 12.1. The zero-order valence-corrected chi connectivity index (χ0v) is 40.9. The van der Waals surface area contributed by atoms with E-state index in [-0.39, 0.29) is 41.9 Å². The minimum absolute atomic E-state index is 0.00275. The number of imidazole rings is 1. The Kier molecular flexibility index (Phi) is 15.0. The van der Waals surface area contributed by atoms with Gasteiger partial charge in [-0.15, -0.1) is 0 Å². The van der Waals surface area contributed by atoms with Gasteiger partial charge in [0.15, 0.2) is 34.9 Å². The van der Waals surface area contributed by atoms with Crippen LogP contribution in [-0.2, 0) is 50.0 Å². The molecule has 3 heterocycles. The van der Waals surface area contributed by atoms with Crippen LogP contribution in [-0.4, -0.2) is 86.1 Å². The molecule has 3 aromatic carbocycles. The Bertz CT molecular complexity index is 2540. The second-order valence-corrected chi connectivity index (χ2v) is 19.7. The van der Waals surface area contributed by atoms with Crippen LogP contribution in [0.1, 0.15) is 99.1 Å². The fourth-order valence-corrected chi connectivity index (χ4v) is 7.71. The van der Waals surface area contributed by atoms with Gasteiger partial charge in [0.05, 0.1) is 25.6 Å². The standard InChI is InChI=1S/C50H60ClN5O11/c1-13-61-42(57)50(34-20-15-14-16-21-34,27-32-23-25-33(26-24-32)35-22-18-17-19-30(35)2)62-28-36-31(3)38(64-46(60)67-49(10,11)12)41(63-36)55-29-52-37-39(55)53-43(51)54-40(37)56(44(58)65-47(4,5)6)45(59)66-48(7,8)9/h14-26,29,31,36,38,41H,13,27-28H2,1-12H3/t31-,36-,38-,41-,50?/m1/s1. The fraction of sp³-hybridized carbons (Fsp3) is 0.460. The van der Waals surface area contributed by atoms with E-state index in [0.717, 1.165) is 22.3 Å². The maximum Gasteiger partial charge on any atom is 0.509 e. The summed E-state index contributed by atoms with van der Waals surface area (Å²) in [5.74, 6) is -1.57. The number of amides is 2. The van der Waals surface area contributed by atoms with Gasteiger partial charge in [0.2, 0.25) is 5.28 Å². The first-order valence-corrected chi connectivity index (χ1v) is 22.5. The predicted molar refractivity (Wildman–Crippen MR) is 250 cm³/mol. The van der Waals surface area contributed by atoms with Gasteiger partial charge in [0.1, 0.15) is 16.8 Å². The van der Waals surface area contributed by atoms with E-state index >= 15 is 0 Å². The Labute approximate surface area is 396 Å². The van der Waals surface area contributed by atoms with Crippen LogP contribution in [0.25, 0.3) is 22.3 Å². The van der Waals surface area contributed by atoms with Gasteiger partial charge in [-0.25, -0.2) is 24.2 Å². The highest BCUT2D eigenvalue weighted by Gasteiger charge is 2.50. The first kappa shape index (κ1) is 50.3. The van der Waals surface area contributed by atoms with Crippen molar-refractivity contribution in [2.45, 2.75) is 130 Å². The molecule has 1 saturated heterocycles. The molecule has 0 saturated carbocycles. The van der Waals surface area contributed by atoms with Crippen LogP contribution in [0, 0.1) is 12.8 Å². The van der Waals surface area contributed by atoms with Crippen LogP contribution in [0.5, 0.6) is 0 Å². The lowest BCUT2D eigenvalue weighted by atomic mass is 9.86. The van der Waals surface area contributed by atoms with Crippen molar-refractivity contribution in [2.24, 2.45) is 5.92 Å². The van der Waals surface area contributed by atoms with Crippen molar-refractivity contribution in [3.05, 3.63) is 107 Å². The van der Waals surface area contributed by atoms with Gasteiger partial charge in [-0.2, -0.15) is 14.9 Å². The number of fused-ring (bicyclic) bond motifs is 1. The molecule has 0 aliphatic carbocycles. The van der Waals surface area contributed by atoms with Gasteiger partial charge in [-0.1, -0.05) is 85.8 Å². The number of imide groups is 1. The fourth-order valence-electron chi connectivity index (χ4n) is 7.55. The average molecular weight is 943 g/mol.